The Balaban J connectivity index is 1.31. The van der Waals surface area contributed by atoms with Crippen LogP contribution in [0.4, 0.5) is 5.95 Å². The van der Waals surface area contributed by atoms with E-state index in [0.717, 1.165) is 10.6 Å². The number of benzene rings is 1. The first-order valence-corrected chi connectivity index (χ1v) is 9.97. The summed E-state index contributed by atoms with van der Waals surface area (Å²) in [6.45, 7) is 2.32. The second-order valence-electron chi connectivity index (χ2n) is 6.43. The Morgan fingerprint density at radius 3 is 2.83 bits per heavy atom. The van der Waals surface area contributed by atoms with E-state index >= 15 is 0 Å². The second kappa shape index (κ2) is 8.70. The number of aromatic nitrogens is 4. The molecule has 0 bridgehead atoms. The van der Waals surface area contributed by atoms with Crippen molar-refractivity contribution in [3.05, 3.63) is 70.5 Å². The lowest BCUT2D eigenvalue weighted by atomic mass is 10.2. The van der Waals surface area contributed by atoms with Crippen molar-refractivity contribution < 1.29 is 14.0 Å². The summed E-state index contributed by atoms with van der Waals surface area (Å²) in [7, 11) is 0. The Labute approximate surface area is 175 Å². The first-order chi connectivity index (χ1) is 14.6. The van der Waals surface area contributed by atoms with Crippen LogP contribution < -0.4 is 10.6 Å². The van der Waals surface area contributed by atoms with Crippen LogP contribution in [0.25, 0.3) is 11.5 Å². The van der Waals surface area contributed by atoms with E-state index in [4.69, 9.17) is 4.42 Å². The van der Waals surface area contributed by atoms with Gasteiger partial charge in [0, 0.05) is 11.9 Å². The van der Waals surface area contributed by atoms with E-state index in [1.165, 1.54) is 28.6 Å². The Morgan fingerprint density at radius 2 is 2.07 bits per heavy atom. The van der Waals surface area contributed by atoms with Crippen molar-refractivity contribution in [3.8, 4) is 11.5 Å². The van der Waals surface area contributed by atoms with Crippen molar-refractivity contribution in [2.45, 2.75) is 20.0 Å². The van der Waals surface area contributed by atoms with Crippen molar-refractivity contribution in [2.75, 3.05) is 5.32 Å². The monoisotopic (exact) mass is 422 g/mol. The second-order valence-corrected chi connectivity index (χ2v) is 7.50. The van der Waals surface area contributed by atoms with Gasteiger partial charge in [-0.1, -0.05) is 30.3 Å². The summed E-state index contributed by atoms with van der Waals surface area (Å²) in [5.41, 5.74) is 2.01. The molecule has 0 fully saturated rings. The van der Waals surface area contributed by atoms with Crippen LogP contribution in [0, 0.1) is 6.92 Å². The van der Waals surface area contributed by atoms with Crippen molar-refractivity contribution >= 4 is 29.1 Å². The van der Waals surface area contributed by atoms with Gasteiger partial charge in [-0.05, 0) is 18.6 Å². The van der Waals surface area contributed by atoms with Crippen molar-refractivity contribution in [3.63, 3.8) is 0 Å². The van der Waals surface area contributed by atoms with Gasteiger partial charge in [-0.3, -0.25) is 14.9 Å². The molecule has 10 heteroatoms. The fourth-order valence-electron chi connectivity index (χ4n) is 2.67. The topological polar surface area (TPSA) is 115 Å². The number of nitrogens with zero attached hydrogens (tertiary/aromatic N) is 4. The van der Waals surface area contributed by atoms with Crippen molar-refractivity contribution in [1.82, 2.24) is 25.1 Å². The largest absolute Gasteiger partial charge is 0.462 e. The maximum Gasteiger partial charge on any atom is 0.261 e. The minimum atomic E-state index is -0.414. The predicted octanol–water partition coefficient (Wildman–Crippen LogP) is 2.87. The molecule has 0 aliphatic carbocycles. The van der Waals surface area contributed by atoms with Gasteiger partial charge in [0.15, 0.2) is 5.76 Å². The normalized spacial score (nSPS) is 10.7. The molecular weight excluding hydrogens is 404 g/mol. The summed E-state index contributed by atoms with van der Waals surface area (Å²) in [6, 6.07) is 11.2. The molecule has 0 aliphatic heterocycles. The maximum atomic E-state index is 12.4. The molecule has 2 amide bonds. The Bertz CT molecular complexity index is 1160. The molecule has 0 aliphatic rings. The van der Waals surface area contributed by atoms with E-state index in [1.54, 1.807) is 6.07 Å². The number of thiazole rings is 1. The molecule has 9 nitrogen and oxygen atoms in total. The number of amides is 2. The van der Waals surface area contributed by atoms with Gasteiger partial charge in [-0.15, -0.1) is 16.4 Å². The molecule has 0 saturated carbocycles. The average Bonchev–Trinajstić information content (AvgIpc) is 3.48. The van der Waals surface area contributed by atoms with Crippen LogP contribution in [-0.4, -0.2) is 31.6 Å². The third kappa shape index (κ3) is 4.78. The molecular formula is C20H18N6O3S. The number of furan rings is 1. The number of anilines is 1. The SMILES string of the molecule is Cc1nc(-c2cc(C(=O)Nc3ncn(CC(=O)NCc4ccccc4)n3)co2)cs1. The number of hydrogen-bond donors (Lipinski definition) is 2. The summed E-state index contributed by atoms with van der Waals surface area (Å²) >= 11 is 1.50. The zero-order valence-corrected chi connectivity index (χ0v) is 16.8. The highest BCUT2D eigenvalue weighted by atomic mass is 32.1. The van der Waals surface area contributed by atoms with E-state index in [-0.39, 0.29) is 18.4 Å². The number of nitrogens with one attached hydrogen (secondary N) is 2. The lowest BCUT2D eigenvalue weighted by Crippen LogP contribution is -2.27. The van der Waals surface area contributed by atoms with Gasteiger partial charge in [-0.25, -0.2) is 14.6 Å². The highest BCUT2D eigenvalue weighted by Gasteiger charge is 2.15. The quantitative estimate of drug-likeness (QED) is 0.473. The van der Waals surface area contributed by atoms with Gasteiger partial charge < -0.3 is 9.73 Å². The van der Waals surface area contributed by atoms with Gasteiger partial charge >= 0.3 is 0 Å². The predicted molar refractivity (Wildman–Crippen MR) is 111 cm³/mol. The van der Waals surface area contributed by atoms with Gasteiger partial charge in [0.1, 0.15) is 24.8 Å². The van der Waals surface area contributed by atoms with Crippen LogP contribution in [0.15, 0.2) is 58.8 Å². The molecule has 1 aromatic carbocycles. The summed E-state index contributed by atoms with van der Waals surface area (Å²) < 4.78 is 6.78. The molecule has 0 saturated heterocycles. The van der Waals surface area contributed by atoms with Gasteiger partial charge in [0.2, 0.25) is 11.9 Å². The molecule has 2 N–H and O–H groups in total. The summed E-state index contributed by atoms with van der Waals surface area (Å²) in [4.78, 5) is 32.8. The summed E-state index contributed by atoms with van der Waals surface area (Å²) in [6.07, 6.45) is 2.74. The summed E-state index contributed by atoms with van der Waals surface area (Å²) in [5.74, 6) is -0.0101. The van der Waals surface area contributed by atoms with E-state index < -0.39 is 5.91 Å². The highest BCUT2D eigenvalue weighted by Crippen LogP contribution is 2.24. The Morgan fingerprint density at radius 1 is 1.23 bits per heavy atom. The van der Waals surface area contributed by atoms with E-state index in [1.807, 2.05) is 42.6 Å². The standard InChI is InChI=1S/C20H18N6O3S/c1-13-23-16(11-30-13)17-7-15(10-29-17)19(28)24-20-22-12-26(25-20)9-18(27)21-8-14-5-3-2-4-6-14/h2-7,10-12H,8-9H2,1H3,(H,21,27)(H,24,25,28). The zero-order valence-electron chi connectivity index (χ0n) is 16.0. The van der Waals surface area contributed by atoms with Crippen LogP contribution in [0.2, 0.25) is 0 Å². The van der Waals surface area contributed by atoms with E-state index in [0.29, 0.717) is 23.6 Å². The lowest BCUT2D eigenvalue weighted by Gasteiger charge is -2.05. The fourth-order valence-corrected chi connectivity index (χ4v) is 3.27. The number of hydrogen-bond acceptors (Lipinski definition) is 7. The molecule has 0 unspecified atom stereocenters. The zero-order chi connectivity index (χ0) is 20.9. The van der Waals surface area contributed by atoms with Gasteiger partial charge in [-0.2, -0.15) is 0 Å². The average molecular weight is 422 g/mol. The third-order valence-electron chi connectivity index (χ3n) is 4.13. The number of carbonyl (C=O) groups excluding carboxylic acids is 2. The van der Waals surface area contributed by atoms with Crippen molar-refractivity contribution in [1.29, 1.82) is 0 Å². The summed E-state index contributed by atoms with van der Waals surface area (Å²) in [5, 5.41) is 12.3. The van der Waals surface area contributed by atoms with Crippen LogP contribution in [-0.2, 0) is 17.9 Å². The number of carbonyl (C=O) groups is 2. The molecule has 0 spiro atoms. The van der Waals surface area contributed by atoms with Crippen molar-refractivity contribution in [2.24, 2.45) is 0 Å². The molecule has 3 heterocycles. The number of aryl methyl sites for hydroxylation is 1. The molecule has 4 rings (SSSR count). The maximum absolute atomic E-state index is 12.4. The first-order valence-electron chi connectivity index (χ1n) is 9.09. The highest BCUT2D eigenvalue weighted by molar-refractivity contribution is 7.09. The molecule has 152 valence electrons. The van der Waals surface area contributed by atoms with E-state index in [2.05, 4.69) is 25.7 Å². The smallest absolute Gasteiger partial charge is 0.261 e. The van der Waals surface area contributed by atoms with Crippen LogP contribution >= 0.6 is 11.3 Å². The minimum Gasteiger partial charge on any atom is -0.462 e. The first kappa shape index (κ1) is 19.5. The molecule has 4 aromatic rings. The fraction of sp³-hybridized carbons (Fsp3) is 0.150. The van der Waals surface area contributed by atoms with Gasteiger partial charge in [0.25, 0.3) is 5.91 Å². The molecule has 0 atom stereocenters. The molecule has 3 aromatic heterocycles. The lowest BCUT2D eigenvalue weighted by molar-refractivity contribution is -0.122. The Kier molecular flexibility index (Phi) is 5.66. The third-order valence-corrected chi connectivity index (χ3v) is 4.91. The van der Waals surface area contributed by atoms with E-state index in [9.17, 15) is 9.59 Å². The minimum absolute atomic E-state index is 0.00522. The molecule has 30 heavy (non-hydrogen) atoms. The molecule has 0 radical (unpaired) electrons. The number of rotatable bonds is 7. The van der Waals surface area contributed by atoms with Crippen LogP contribution in [0.3, 0.4) is 0 Å². The van der Waals surface area contributed by atoms with Gasteiger partial charge in [0.05, 0.1) is 10.6 Å². The Hall–Kier alpha value is -3.79. The van der Waals surface area contributed by atoms with Crippen LogP contribution in [0.1, 0.15) is 20.9 Å². The van der Waals surface area contributed by atoms with Crippen LogP contribution in [0.5, 0.6) is 0 Å².